The number of hydrogen-bond acceptors (Lipinski definition) is 5. The maximum Gasteiger partial charge on any atom is 0.322 e. The second-order valence-corrected chi connectivity index (χ2v) is 7.26. The SMILES string of the molecule is C/C=N\N1C(C(=O)NCC(=O)O)=C(O)c2ccc(-c3ccccc3)c(CCC)c2/C1=C\C. The van der Waals surface area contributed by atoms with Gasteiger partial charge in [0.05, 0.1) is 5.70 Å². The number of aliphatic hydroxyl groups excluding tert-OH is 1. The van der Waals surface area contributed by atoms with E-state index >= 15 is 0 Å². The van der Waals surface area contributed by atoms with Crippen molar-refractivity contribution in [2.45, 2.75) is 33.6 Å². The van der Waals surface area contributed by atoms with E-state index in [1.807, 2.05) is 49.4 Å². The molecule has 3 rings (SSSR count). The topological polar surface area (TPSA) is 102 Å². The van der Waals surface area contributed by atoms with Gasteiger partial charge in [-0.05, 0) is 43.0 Å². The molecule has 0 aliphatic carbocycles. The lowest BCUT2D eigenvalue weighted by atomic mass is 9.85. The summed E-state index contributed by atoms with van der Waals surface area (Å²) in [7, 11) is 0. The van der Waals surface area contributed by atoms with Crippen molar-refractivity contribution in [2.75, 3.05) is 6.54 Å². The predicted molar refractivity (Wildman–Crippen MR) is 126 cm³/mol. The zero-order valence-corrected chi connectivity index (χ0v) is 18.4. The van der Waals surface area contributed by atoms with Crippen LogP contribution >= 0.6 is 0 Å². The van der Waals surface area contributed by atoms with E-state index in [9.17, 15) is 14.7 Å². The molecule has 7 nitrogen and oxygen atoms in total. The number of carboxylic acid groups (broad SMARTS) is 1. The van der Waals surface area contributed by atoms with Crippen molar-refractivity contribution in [1.29, 1.82) is 0 Å². The van der Waals surface area contributed by atoms with Crippen LogP contribution in [-0.2, 0) is 16.0 Å². The zero-order chi connectivity index (χ0) is 23.3. The molecule has 1 aliphatic heterocycles. The minimum Gasteiger partial charge on any atom is -0.505 e. The summed E-state index contributed by atoms with van der Waals surface area (Å²) in [5.74, 6) is -2.13. The standard InChI is InChI=1S/C25H27N3O4/c1-4-10-18-17(16-11-8-7-9-12-16)13-14-19-22(18)20(5-2)28(27-6-3)23(24(19)31)25(32)26-15-21(29)30/h5-9,11-14,31H,4,10,15H2,1-3H3,(H,26,32)(H,29,30)/b20-5+,27-6-. The van der Waals surface area contributed by atoms with E-state index in [-0.39, 0.29) is 11.5 Å². The molecule has 32 heavy (non-hydrogen) atoms. The number of carboxylic acids is 1. The Labute approximate surface area is 187 Å². The van der Waals surface area contributed by atoms with Gasteiger partial charge in [-0.15, -0.1) is 0 Å². The fraction of sp³-hybridized carbons (Fsp3) is 0.240. The minimum absolute atomic E-state index is 0.111. The first-order valence-corrected chi connectivity index (χ1v) is 10.5. The number of rotatable bonds is 7. The predicted octanol–water partition coefficient (Wildman–Crippen LogP) is 4.42. The first-order chi connectivity index (χ1) is 15.4. The third kappa shape index (κ3) is 4.27. The Morgan fingerprint density at radius 2 is 1.78 bits per heavy atom. The van der Waals surface area contributed by atoms with E-state index in [4.69, 9.17) is 5.11 Å². The molecule has 2 aromatic carbocycles. The van der Waals surface area contributed by atoms with E-state index < -0.39 is 18.4 Å². The van der Waals surface area contributed by atoms with Crippen molar-refractivity contribution in [3.8, 4) is 11.1 Å². The molecule has 0 atom stereocenters. The molecule has 1 aliphatic rings. The Bertz CT molecular complexity index is 1120. The molecule has 2 aromatic rings. The molecular weight excluding hydrogens is 406 g/mol. The van der Waals surface area contributed by atoms with Gasteiger partial charge in [0, 0.05) is 17.3 Å². The number of allylic oxidation sites excluding steroid dienone is 1. The van der Waals surface area contributed by atoms with E-state index in [0.29, 0.717) is 11.3 Å². The smallest absolute Gasteiger partial charge is 0.322 e. The first-order valence-electron chi connectivity index (χ1n) is 10.5. The molecule has 0 unspecified atom stereocenters. The molecule has 0 fully saturated rings. The molecular formula is C25H27N3O4. The van der Waals surface area contributed by atoms with Gasteiger partial charge < -0.3 is 15.5 Å². The van der Waals surface area contributed by atoms with Crippen LogP contribution in [0.1, 0.15) is 43.9 Å². The van der Waals surface area contributed by atoms with Crippen LogP contribution in [0.2, 0.25) is 0 Å². The minimum atomic E-state index is -1.18. The number of fused-ring (bicyclic) bond motifs is 1. The number of hydrogen-bond donors (Lipinski definition) is 3. The van der Waals surface area contributed by atoms with Gasteiger partial charge in [0.1, 0.15) is 6.54 Å². The molecule has 7 heteroatoms. The lowest BCUT2D eigenvalue weighted by Crippen LogP contribution is -2.37. The Hall–Kier alpha value is -3.87. The van der Waals surface area contributed by atoms with Crippen molar-refractivity contribution < 1.29 is 19.8 Å². The number of nitrogens with one attached hydrogen (secondary N) is 1. The summed E-state index contributed by atoms with van der Waals surface area (Å²) < 4.78 is 0. The zero-order valence-electron chi connectivity index (χ0n) is 18.4. The maximum absolute atomic E-state index is 12.8. The van der Waals surface area contributed by atoms with Crippen molar-refractivity contribution in [2.24, 2.45) is 5.10 Å². The highest BCUT2D eigenvalue weighted by molar-refractivity contribution is 6.05. The summed E-state index contributed by atoms with van der Waals surface area (Å²) in [5, 5.41) is 28.1. The van der Waals surface area contributed by atoms with E-state index in [1.54, 1.807) is 13.0 Å². The third-order valence-electron chi connectivity index (χ3n) is 5.19. The summed E-state index contributed by atoms with van der Waals surface area (Å²) >= 11 is 0. The lowest BCUT2D eigenvalue weighted by Gasteiger charge is -2.33. The van der Waals surface area contributed by atoms with E-state index in [0.717, 1.165) is 35.1 Å². The lowest BCUT2D eigenvalue weighted by molar-refractivity contribution is -0.137. The van der Waals surface area contributed by atoms with Gasteiger partial charge in [-0.3, -0.25) is 9.59 Å². The van der Waals surface area contributed by atoms with Crippen LogP contribution in [0.3, 0.4) is 0 Å². The summed E-state index contributed by atoms with van der Waals surface area (Å²) in [6.45, 7) is 5.08. The molecule has 0 radical (unpaired) electrons. The van der Waals surface area contributed by atoms with Crippen LogP contribution in [-0.4, -0.2) is 39.9 Å². The molecule has 0 saturated carbocycles. The molecule has 166 valence electrons. The molecule has 0 aromatic heterocycles. The van der Waals surface area contributed by atoms with E-state index in [2.05, 4.69) is 17.3 Å². The molecule has 1 amide bonds. The third-order valence-corrected chi connectivity index (χ3v) is 5.19. The molecule has 1 heterocycles. The quantitative estimate of drug-likeness (QED) is 0.561. The summed E-state index contributed by atoms with van der Waals surface area (Å²) in [4.78, 5) is 23.8. The van der Waals surface area contributed by atoms with Gasteiger partial charge in [0.25, 0.3) is 5.91 Å². The van der Waals surface area contributed by atoms with Crippen molar-refractivity contribution in [3.63, 3.8) is 0 Å². The van der Waals surface area contributed by atoms with Crippen LogP contribution in [0.25, 0.3) is 22.6 Å². The number of carbonyl (C=O) groups is 2. The Morgan fingerprint density at radius 3 is 2.38 bits per heavy atom. The first kappa shape index (κ1) is 22.8. The fourth-order valence-corrected chi connectivity index (χ4v) is 3.94. The van der Waals surface area contributed by atoms with E-state index in [1.165, 1.54) is 11.2 Å². The number of aliphatic carboxylic acids is 1. The van der Waals surface area contributed by atoms with Crippen LogP contribution in [0, 0.1) is 0 Å². The normalized spacial score (nSPS) is 14.7. The number of aliphatic hydroxyl groups is 1. The van der Waals surface area contributed by atoms with Crippen LogP contribution in [0.15, 0.2) is 59.3 Å². The average molecular weight is 434 g/mol. The molecule has 0 bridgehead atoms. The second-order valence-electron chi connectivity index (χ2n) is 7.26. The average Bonchev–Trinajstić information content (AvgIpc) is 2.79. The van der Waals surface area contributed by atoms with Crippen molar-refractivity contribution in [3.05, 3.63) is 70.9 Å². The summed E-state index contributed by atoms with van der Waals surface area (Å²) in [6, 6.07) is 13.8. The number of benzene rings is 2. The Balaban J connectivity index is 2.30. The second kappa shape index (κ2) is 9.96. The van der Waals surface area contributed by atoms with Crippen LogP contribution in [0.4, 0.5) is 0 Å². The highest BCUT2D eigenvalue weighted by Gasteiger charge is 2.35. The van der Waals surface area contributed by atoms with Crippen LogP contribution < -0.4 is 5.32 Å². The number of hydrazone groups is 1. The van der Waals surface area contributed by atoms with Crippen molar-refractivity contribution in [1.82, 2.24) is 10.3 Å². The summed E-state index contributed by atoms with van der Waals surface area (Å²) in [5.41, 5.74) is 5.04. The van der Waals surface area contributed by atoms with Gasteiger partial charge in [0.15, 0.2) is 11.5 Å². The molecule has 0 saturated heterocycles. The van der Waals surface area contributed by atoms with Gasteiger partial charge >= 0.3 is 5.97 Å². The number of amides is 1. The summed E-state index contributed by atoms with van der Waals surface area (Å²) in [6.07, 6.45) is 5.02. The Kier molecular flexibility index (Phi) is 7.10. The van der Waals surface area contributed by atoms with Crippen LogP contribution in [0.5, 0.6) is 0 Å². The van der Waals surface area contributed by atoms with Gasteiger partial charge in [0.2, 0.25) is 0 Å². The maximum atomic E-state index is 12.8. The van der Waals surface area contributed by atoms with Gasteiger partial charge in [-0.25, -0.2) is 5.01 Å². The molecule has 3 N–H and O–H groups in total. The van der Waals surface area contributed by atoms with Gasteiger partial charge in [-0.1, -0.05) is 55.8 Å². The largest absolute Gasteiger partial charge is 0.505 e. The number of nitrogens with zero attached hydrogens (tertiary/aromatic N) is 2. The molecule has 0 spiro atoms. The van der Waals surface area contributed by atoms with Crippen molar-refractivity contribution >= 4 is 29.5 Å². The Morgan fingerprint density at radius 1 is 1.09 bits per heavy atom. The van der Waals surface area contributed by atoms with Gasteiger partial charge in [-0.2, -0.15) is 5.10 Å². The fourth-order valence-electron chi connectivity index (χ4n) is 3.94. The number of carbonyl (C=O) groups excluding carboxylic acids is 1. The highest BCUT2D eigenvalue weighted by Crippen LogP contribution is 2.43. The monoisotopic (exact) mass is 433 g/mol. The highest BCUT2D eigenvalue weighted by atomic mass is 16.4.